The van der Waals surface area contributed by atoms with Crippen molar-refractivity contribution in [2.75, 3.05) is 5.32 Å². The summed E-state index contributed by atoms with van der Waals surface area (Å²) in [4.78, 5) is 0. The Morgan fingerprint density at radius 3 is 2.74 bits per heavy atom. The van der Waals surface area contributed by atoms with Gasteiger partial charge in [0.1, 0.15) is 18.2 Å². The molecule has 0 spiro atoms. The predicted molar refractivity (Wildman–Crippen MR) is 78.2 cm³/mol. The Kier molecular flexibility index (Phi) is 5.86. The summed E-state index contributed by atoms with van der Waals surface area (Å²) in [7, 11) is 0. The molecule has 0 saturated heterocycles. The number of rotatable bonds is 2. The number of halogens is 1. The Balaban J connectivity index is 0.000000861. The topological polar surface area (TPSA) is 21.3 Å². The van der Waals surface area contributed by atoms with Gasteiger partial charge in [-0.3, -0.25) is 0 Å². The van der Waals surface area contributed by atoms with Gasteiger partial charge in [0.25, 0.3) is 0 Å². The van der Waals surface area contributed by atoms with Crippen LogP contribution >= 0.6 is 0 Å². The summed E-state index contributed by atoms with van der Waals surface area (Å²) in [5.41, 5.74) is 2.43. The number of fused-ring (bicyclic) bond motifs is 1. The molecule has 0 atom stereocenters. The second-order valence-electron chi connectivity index (χ2n) is 3.70. The molecule has 0 fully saturated rings. The van der Waals surface area contributed by atoms with Gasteiger partial charge in [-0.1, -0.05) is 26.5 Å². The SMILES string of the molecule is C=CC1=C(/C=C\C)OCc2cc(F)ccc2N1.CC. The lowest BCUT2D eigenvalue weighted by Gasteiger charge is -2.07. The van der Waals surface area contributed by atoms with E-state index < -0.39 is 0 Å². The molecule has 3 heteroatoms. The average Bonchev–Trinajstić information content (AvgIpc) is 2.61. The minimum absolute atomic E-state index is 0.260. The van der Waals surface area contributed by atoms with Gasteiger partial charge in [-0.05, 0) is 37.3 Å². The quantitative estimate of drug-likeness (QED) is 0.828. The van der Waals surface area contributed by atoms with E-state index in [9.17, 15) is 4.39 Å². The van der Waals surface area contributed by atoms with Gasteiger partial charge in [-0.15, -0.1) is 0 Å². The summed E-state index contributed by atoms with van der Waals surface area (Å²) >= 11 is 0. The van der Waals surface area contributed by atoms with E-state index in [2.05, 4.69) is 11.9 Å². The summed E-state index contributed by atoms with van der Waals surface area (Å²) in [6.45, 7) is 10.00. The number of benzene rings is 1. The smallest absolute Gasteiger partial charge is 0.142 e. The summed E-state index contributed by atoms with van der Waals surface area (Å²) in [5.74, 6) is 0.447. The molecule has 0 unspecified atom stereocenters. The van der Waals surface area contributed by atoms with E-state index in [0.29, 0.717) is 12.4 Å². The minimum atomic E-state index is -0.260. The van der Waals surface area contributed by atoms with Gasteiger partial charge < -0.3 is 10.1 Å². The fraction of sp³-hybridized carbons (Fsp3) is 0.250. The van der Waals surface area contributed by atoms with Crippen LogP contribution in [0.3, 0.4) is 0 Å². The summed E-state index contributed by atoms with van der Waals surface area (Å²) in [5, 5.41) is 3.19. The number of allylic oxidation sites excluding steroid dienone is 3. The molecule has 1 aliphatic rings. The molecule has 0 amide bonds. The van der Waals surface area contributed by atoms with Crippen molar-refractivity contribution < 1.29 is 9.13 Å². The lowest BCUT2D eigenvalue weighted by atomic mass is 10.2. The summed E-state index contributed by atoms with van der Waals surface area (Å²) in [6, 6.07) is 4.60. The van der Waals surface area contributed by atoms with Gasteiger partial charge in [0.2, 0.25) is 0 Å². The van der Waals surface area contributed by atoms with E-state index in [1.807, 2.05) is 32.9 Å². The minimum Gasteiger partial charge on any atom is -0.487 e. The monoisotopic (exact) mass is 261 g/mol. The third-order valence-electron chi connectivity index (χ3n) is 2.51. The fourth-order valence-electron chi connectivity index (χ4n) is 1.68. The third kappa shape index (κ3) is 3.71. The first-order valence-electron chi connectivity index (χ1n) is 6.42. The number of hydrogen-bond donors (Lipinski definition) is 1. The fourth-order valence-corrected chi connectivity index (χ4v) is 1.68. The molecule has 1 aromatic rings. The van der Waals surface area contributed by atoms with E-state index in [1.165, 1.54) is 12.1 Å². The second-order valence-corrected chi connectivity index (χ2v) is 3.70. The molecule has 0 aliphatic carbocycles. The van der Waals surface area contributed by atoms with Crippen LogP contribution in [0.5, 0.6) is 0 Å². The first-order valence-corrected chi connectivity index (χ1v) is 6.42. The highest BCUT2D eigenvalue weighted by Crippen LogP contribution is 2.26. The van der Waals surface area contributed by atoms with Crippen LogP contribution in [-0.2, 0) is 11.3 Å². The highest BCUT2D eigenvalue weighted by Gasteiger charge is 2.13. The average molecular weight is 261 g/mol. The maximum absolute atomic E-state index is 13.1. The maximum Gasteiger partial charge on any atom is 0.142 e. The molecule has 1 aromatic carbocycles. The number of hydrogen-bond acceptors (Lipinski definition) is 2. The lowest BCUT2D eigenvalue weighted by Crippen LogP contribution is -1.99. The van der Waals surface area contributed by atoms with E-state index in [-0.39, 0.29) is 5.82 Å². The lowest BCUT2D eigenvalue weighted by molar-refractivity contribution is 0.211. The summed E-state index contributed by atoms with van der Waals surface area (Å²) < 4.78 is 18.7. The molecular weight excluding hydrogens is 241 g/mol. The third-order valence-corrected chi connectivity index (χ3v) is 2.51. The Morgan fingerprint density at radius 1 is 1.37 bits per heavy atom. The van der Waals surface area contributed by atoms with Gasteiger partial charge in [0.05, 0.1) is 5.70 Å². The molecule has 2 rings (SSSR count). The summed E-state index contributed by atoms with van der Waals surface area (Å²) in [6.07, 6.45) is 5.43. The predicted octanol–water partition coefficient (Wildman–Crippen LogP) is 4.77. The molecule has 0 bridgehead atoms. The van der Waals surface area contributed by atoms with Gasteiger partial charge >= 0.3 is 0 Å². The van der Waals surface area contributed by atoms with E-state index in [1.54, 1.807) is 12.1 Å². The van der Waals surface area contributed by atoms with Crippen molar-refractivity contribution in [3.63, 3.8) is 0 Å². The van der Waals surface area contributed by atoms with Gasteiger partial charge in [-0.25, -0.2) is 4.39 Å². The van der Waals surface area contributed by atoms with Gasteiger partial charge in [0, 0.05) is 11.3 Å². The maximum atomic E-state index is 13.1. The van der Waals surface area contributed by atoms with Gasteiger partial charge in [-0.2, -0.15) is 0 Å². The van der Waals surface area contributed by atoms with Crippen LogP contribution in [-0.4, -0.2) is 0 Å². The van der Waals surface area contributed by atoms with Gasteiger partial charge in [0.15, 0.2) is 0 Å². The second kappa shape index (κ2) is 7.41. The molecule has 0 aromatic heterocycles. The standard InChI is InChI=1S/C14H14FNO.C2H6/c1-3-5-14-12(4-2)16-13-7-6-11(15)8-10(13)9-17-14;1-2/h3-8,16H,2,9H2,1H3;1-2H3/b5-3-;. The van der Waals surface area contributed by atoms with E-state index >= 15 is 0 Å². The highest BCUT2D eigenvalue weighted by molar-refractivity contribution is 5.58. The van der Waals surface area contributed by atoms with Crippen LogP contribution in [0.2, 0.25) is 0 Å². The van der Waals surface area contributed by atoms with Crippen LogP contribution in [0.4, 0.5) is 10.1 Å². The van der Waals surface area contributed by atoms with Crippen LogP contribution in [0.1, 0.15) is 26.3 Å². The number of nitrogens with one attached hydrogen (secondary N) is 1. The van der Waals surface area contributed by atoms with E-state index in [0.717, 1.165) is 16.9 Å². The van der Waals surface area contributed by atoms with Crippen molar-refractivity contribution >= 4 is 5.69 Å². The Hall–Kier alpha value is -2.03. The van der Waals surface area contributed by atoms with Crippen molar-refractivity contribution in [1.82, 2.24) is 0 Å². The van der Waals surface area contributed by atoms with Crippen LogP contribution in [0, 0.1) is 5.82 Å². The Bertz CT molecular complexity index is 503. The Morgan fingerprint density at radius 2 is 2.11 bits per heavy atom. The first kappa shape index (κ1) is 15.0. The normalized spacial score (nSPS) is 13.7. The van der Waals surface area contributed by atoms with Crippen molar-refractivity contribution in [3.05, 3.63) is 65.8 Å². The van der Waals surface area contributed by atoms with Crippen LogP contribution in [0.15, 0.2) is 54.5 Å². The largest absolute Gasteiger partial charge is 0.487 e. The molecular formula is C16H20FNO. The van der Waals surface area contributed by atoms with Crippen molar-refractivity contribution in [3.8, 4) is 0 Å². The van der Waals surface area contributed by atoms with E-state index in [4.69, 9.17) is 4.74 Å². The van der Waals surface area contributed by atoms with Crippen LogP contribution in [0.25, 0.3) is 0 Å². The zero-order valence-electron chi connectivity index (χ0n) is 11.7. The molecule has 2 nitrogen and oxygen atoms in total. The van der Waals surface area contributed by atoms with Crippen molar-refractivity contribution in [2.45, 2.75) is 27.4 Å². The van der Waals surface area contributed by atoms with Crippen molar-refractivity contribution in [2.24, 2.45) is 0 Å². The number of ether oxygens (including phenoxy) is 1. The molecule has 1 aliphatic heterocycles. The first-order chi connectivity index (χ1) is 9.24. The Labute approximate surface area is 114 Å². The zero-order valence-corrected chi connectivity index (χ0v) is 11.7. The molecule has 1 N–H and O–H groups in total. The van der Waals surface area contributed by atoms with Crippen molar-refractivity contribution in [1.29, 1.82) is 0 Å². The molecule has 102 valence electrons. The molecule has 0 radical (unpaired) electrons. The molecule has 19 heavy (non-hydrogen) atoms. The molecule has 1 heterocycles. The van der Waals surface area contributed by atoms with Crippen LogP contribution < -0.4 is 5.32 Å². The molecule has 0 saturated carbocycles. The highest BCUT2D eigenvalue weighted by atomic mass is 19.1. The number of anilines is 1. The zero-order chi connectivity index (χ0) is 14.3.